The van der Waals surface area contributed by atoms with E-state index in [9.17, 15) is 12.8 Å². The second-order valence-corrected chi connectivity index (χ2v) is 9.43. The molecule has 29 heavy (non-hydrogen) atoms. The molecule has 0 bridgehead atoms. The minimum Gasteiger partial charge on any atom is -0.494 e. The van der Waals surface area contributed by atoms with E-state index in [1.807, 2.05) is 19.1 Å². The zero-order valence-corrected chi connectivity index (χ0v) is 17.7. The molecule has 0 radical (unpaired) electrons. The van der Waals surface area contributed by atoms with E-state index in [1.54, 1.807) is 0 Å². The van der Waals surface area contributed by atoms with Crippen molar-refractivity contribution in [2.75, 3.05) is 45.1 Å². The van der Waals surface area contributed by atoms with Gasteiger partial charge in [0.05, 0.1) is 17.3 Å². The molecule has 2 aromatic carbocycles. The maximum atomic E-state index is 13.0. The van der Waals surface area contributed by atoms with Crippen molar-refractivity contribution in [3.63, 3.8) is 0 Å². The molecule has 0 aromatic heterocycles. The molecule has 2 aromatic rings. The van der Waals surface area contributed by atoms with Crippen LogP contribution in [0.1, 0.15) is 18.9 Å². The van der Waals surface area contributed by atoms with Crippen LogP contribution < -0.4 is 4.74 Å². The average Bonchev–Trinajstić information content (AvgIpc) is 2.71. The lowest BCUT2D eigenvalue weighted by molar-refractivity contribution is 0.127. The zero-order valence-electron chi connectivity index (χ0n) is 16.9. The number of rotatable bonds is 9. The largest absolute Gasteiger partial charge is 0.494 e. The summed E-state index contributed by atoms with van der Waals surface area (Å²) in [7, 11) is -3.35. The Morgan fingerprint density at radius 3 is 2.17 bits per heavy atom. The lowest BCUT2D eigenvalue weighted by atomic mass is 10.2. The van der Waals surface area contributed by atoms with Gasteiger partial charge in [0.1, 0.15) is 11.6 Å². The first-order valence-corrected chi connectivity index (χ1v) is 11.8. The number of piperazine rings is 1. The molecule has 0 aliphatic carbocycles. The average molecular weight is 421 g/mol. The lowest BCUT2D eigenvalue weighted by Gasteiger charge is -2.34. The van der Waals surface area contributed by atoms with Crippen molar-refractivity contribution >= 4 is 9.84 Å². The molecule has 3 rings (SSSR count). The number of sulfone groups is 1. The minimum atomic E-state index is -3.35. The van der Waals surface area contributed by atoms with E-state index < -0.39 is 15.7 Å². The maximum Gasteiger partial charge on any atom is 0.178 e. The van der Waals surface area contributed by atoms with E-state index >= 15 is 0 Å². The van der Waals surface area contributed by atoms with Gasteiger partial charge in [0.2, 0.25) is 0 Å². The molecule has 5 nitrogen and oxygen atoms in total. The van der Waals surface area contributed by atoms with Crippen molar-refractivity contribution in [2.45, 2.75) is 24.8 Å². The van der Waals surface area contributed by atoms with Gasteiger partial charge in [-0.25, -0.2) is 12.8 Å². The van der Waals surface area contributed by atoms with Crippen molar-refractivity contribution in [2.24, 2.45) is 0 Å². The number of hydrogen-bond acceptors (Lipinski definition) is 5. The van der Waals surface area contributed by atoms with Gasteiger partial charge in [-0.05, 0) is 61.9 Å². The Balaban J connectivity index is 1.39. The quantitative estimate of drug-likeness (QED) is 0.583. The smallest absolute Gasteiger partial charge is 0.178 e. The van der Waals surface area contributed by atoms with Gasteiger partial charge in [0.15, 0.2) is 9.84 Å². The highest BCUT2D eigenvalue weighted by Crippen LogP contribution is 2.16. The first-order chi connectivity index (χ1) is 14.0. The third kappa shape index (κ3) is 6.52. The summed E-state index contributed by atoms with van der Waals surface area (Å²) in [6, 6.07) is 13.3. The number of benzene rings is 2. The molecule has 1 aliphatic heterocycles. The zero-order chi connectivity index (χ0) is 20.7. The number of halogens is 1. The van der Waals surface area contributed by atoms with Crippen LogP contribution in [0.15, 0.2) is 53.4 Å². The van der Waals surface area contributed by atoms with Crippen LogP contribution in [0.25, 0.3) is 0 Å². The van der Waals surface area contributed by atoms with Crippen molar-refractivity contribution in [1.82, 2.24) is 9.80 Å². The molecular formula is C22H29FN2O3S. The molecule has 1 aliphatic rings. The number of hydrogen-bond donors (Lipinski definition) is 0. The second kappa shape index (κ2) is 10.2. The molecule has 1 heterocycles. The predicted molar refractivity (Wildman–Crippen MR) is 112 cm³/mol. The fraction of sp³-hybridized carbons (Fsp3) is 0.455. The van der Waals surface area contributed by atoms with E-state index in [2.05, 4.69) is 21.9 Å². The van der Waals surface area contributed by atoms with Gasteiger partial charge in [-0.2, -0.15) is 0 Å². The van der Waals surface area contributed by atoms with Gasteiger partial charge in [-0.1, -0.05) is 12.1 Å². The molecule has 0 amide bonds. The topological polar surface area (TPSA) is 49.9 Å². The van der Waals surface area contributed by atoms with Gasteiger partial charge in [0, 0.05) is 32.7 Å². The molecule has 0 N–H and O–H groups in total. The Bertz CT molecular complexity index is 862. The lowest BCUT2D eigenvalue weighted by Crippen LogP contribution is -2.46. The van der Waals surface area contributed by atoms with Gasteiger partial charge < -0.3 is 9.64 Å². The Morgan fingerprint density at radius 2 is 1.55 bits per heavy atom. The van der Waals surface area contributed by atoms with Crippen LogP contribution in [-0.2, 0) is 16.4 Å². The standard InChI is InChI=1S/C22H29FN2O3S/c1-2-28-21-8-4-19(5-9-21)18-25-15-13-24(14-16-25)12-3-17-29(26,27)22-10-6-20(23)7-11-22/h4-11H,2-3,12-18H2,1H3. The molecule has 7 heteroatoms. The third-order valence-corrected chi connectivity index (χ3v) is 6.98. The second-order valence-electron chi connectivity index (χ2n) is 7.32. The van der Waals surface area contributed by atoms with Crippen LogP contribution in [0, 0.1) is 5.82 Å². The summed E-state index contributed by atoms with van der Waals surface area (Å²) in [6.07, 6.45) is 0.582. The molecule has 1 saturated heterocycles. The Hall–Kier alpha value is -1.96. The molecule has 1 fully saturated rings. The highest BCUT2D eigenvalue weighted by atomic mass is 32.2. The van der Waals surface area contributed by atoms with E-state index in [0.717, 1.165) is 45.0 Å². The van der Waals surface area contributed by atoms with Crippen LogP contribution in [0.3, 0.4) is 0 Å². The first-order valence-electron chi connectivity index (χ1n) is 10.1. The third-order valence-electron chi connectivity index (χ3n) is 5.17. The highest BCUT2D eigenvalue weighted by molar-refractivity contribution is 7.91. The van der Waals surface area contributed by atoms with E-state index in [-0.39, 0.29) is 10.6 Å². The van der Waals surface area contributed by atoms with Gasteiger partial charge in [-0.15, -0.1) is 0 Å². The summed E-state index contributed by atoms with van der Waals surface area (Å²) in [5, 5.41) is 0. The molecular weight excluding hydrogens is 391 g/mol. The highest BCUT2D eigenvalue weighted by Gasteiger charge is 2.19. The number of nitrogens with zero attached hydrogens (tertiary/aromatic N) is 2. The molecule has 0 atom stereocenters. The summed E-state index contributed by atoms with van der Waals surface area (Å²) in [4.78, 5) is 4.93. The normalized spacial score (nSPS) is 16.1. The van der Waals surface area contributed by atoms with Crippen LogP contribution in [-0.4, -0.2) is 63.3 Å². The van der Waals surface area contributed by atoms with Crippen molar-refractivity contribution in [3.8, 4) is 5.75 Å². The summed E-state index contributed by atoms with van der Waals surface area (Å²) < 4.78 is 43.2. The van der Waals surface area contributed by atoms with E-state index in [4.69, 9.17) is 4.74 Å². The van der Waals surface area contributed by atoms with Crippen LogP contribution >= 0.6 is 0 Å². The van der Waals surface area contributed by atoms with Gasteiger partial charge >= 0.3 is 0 Å². The molecule has 0 unspecified atom stereocenters. The monoisotopic (exact) mass is 420 g/mol. The fourth-order valence-electron chi connectivity index (χ4n) is 3.52. The minimum absolute atomic E-state index is 0.0883. The summed E-state index contributed by atoms with van der Waals surface area (Å²) in [5.41, 5.74) is 1.27. The van der Waals surface area contributed by atoms with E-state index in [0.29, 0.717) is 13.0 Å². The van der Waals surface area contributed by atoms with Crippen LogP contribution in [0.5, 0.6) is 5.75 Å². The van der Waals surface area contributed by atoms with E-state index in [1.165, 1.54) is 29.8 Å². The summed E-state index contributed by atoms with van der Waals surface area (Å²) in [6.45, 7) is 8.14. The summed E-state index contributed by atoms with van der Waals surface area (Å²) >= 11 is 0. The summed E-state index contributed by atoms with van der Waals surface area (Å²) in [5.74, 6) is 0.564. The van der Waals surface area contributed by atoms with Gasteiger partial charge in [0.25, 0.3) is 0 Å². The van der Waals surface area contributed by atoms with Crippen molar-refractivity contribution < 1.29 is 17.5 Å². The first kappa shape index (κ1) is 21.7. The Kier molecular flexibility index (Phi) is 7.64. The molecule has 0 saturated carbocycles. The molecule has 158 valence electrons. The van der Waals surface area contributed by atoms with Crippen LogP contribution in [0.2, 0.25) is 0 Å². The SMILES string of the molecule is CCOc1ccc(CN2CCN(CCCS(=O)(=O)c3ccc(F)cc3)CC2)cc1. The van der Waals surface area contributed by atoms with Crippen molar-refractivity contribution in [1.29, 1.82) is 0 Å². The van der Waals surface area contributed by atoms with Crippen LogP contribution in [0.4, 0.5) is 4.39 Å². The van der Waals surface area contributed by atoms with Gasteiger partial charge in [-0.3, -0.25) is 4.90 Å². The Morgan fingerprint density at radius 1 is 0.931 bits per heavy atom. The Labute approximate surface area is 173 Å². The van der Waals surface area contributed by atoms with Crippen molar-refractivity contribution in [3.05, 3.63) is 59.9 Å². The number of ether oxygens (including phenoxy) is 1. The maximum absolute atomic E-state index is 13.0. The molecule has 0 spiro atoms. The fourth-order valence-corrected chi connectivity index (χ4v) is 4.82. The predicted octanol–water partition coefficient (Wildman–Crippen LogP) is 3.21.